The van der Waals surface area contributed by atoms with Crippen LogP contribution < -0.4 is 5.32 Å². The van der Waals surface area contributed by atoms with Gasteiger partial charge in [0.15, 0.2) is 6.61 Å². The normalized spacial score (nSPS) is 11.3. The molecule has 5 nitrogen and oxygen atoms in total. The van der Waals surface area contributed by atoms with Crippen molar-refractivity contribution in [1.82, 2.24) is 5.32 Å². The minimum atomic E-state index is -0.749. The molecule has 0 bridgehead atoms. The summed E-state index contributed by atoms with van der Waals surface area (Å²) in [6.45, 7) is 5.60. The van der Waals surface area contributed by atoms with Crippen LogP contribution in [0.2, 0.25) is 0 Å². The summed E-state index contributed by atoms with van der Waals surface area (Å²) < 4.78 is 17.6. The van der Waals surface area contributed by atoms with E-state index in [2.05, 4.69) is 26.1 Å². The molecular formula is C22H22FNO4. The van der Waals surface area contributed by atoms with E-state index < -0.39 is 24.4 Å². The zero-order valence-electron chi connectivity index (χ0n) is 16.0. The molecule has 2 amide bonds. The third kappa shape index (κ3) is 6.46. The molecule has 0 unspecified atom stereocenters. The lowest BCUT2D eigenvalue weighted by molar-refractivity contribution is -0.143. The maximum Gasteiger partial charge on any atom is 0.331 e. The van der Waals surface area contributed by atoms with Gasteiger partial charge in [0, 0.05) is 11.6 Å². The third-order valence-electron chi connectivity index (χ3n) is 3.89. The van der Waals surface area contributed by atoms with E-state index in [4.69, 9.17) is 4.74 Å². The molecule has 1 N–H and O–H groups in total. The zero-order valence-corrected chi connectivity index (χ0v) is 16.0. The van der Waals surface area contributed by atoms with Crippen molar-refractivity contribution >= 4 is 23.9 Å². The fraction of sp³-hybridized carbons (Fsp3) is 0.227. The standard InChI is InChI=1S/C22H22FNO4/c1-22(2,3)17-9-7-16(8-10-17)21(27)24-19(25)14-28-20(26)13-6-15-4-11-18(23)12-5-15/h4-13H,14H2,1-3H3,(H,24,25,27)/b13-6+. The molecule has 0 aliphatic carbocycles. The molecule has 0 atom stereocenters. The average Bonchev–Trinajstić information content (AvgIpc) is 2.65. The van der Waals surface area contributed by atoms with Crippen LogP contribution in [0.5, 0.6) is 0 Å². The Hall–Kier alpha value is -3.28. The molecule has 0 saturated carbocycles. The van der Waals surface area contributed by atoms with Gasteiger partial charge in [0.25, 0.3) is 11.8 Å². The highest BCUT2D eigenvalue weighted by Crippen LogP contribution is 2.22. The molecule has 146 valence electrons. The second-order valence-corrected chi connectivity index (χ2v) is 7.20. The molecule has 28 heavy (non-hydrogen) atoms. The average molecular weight is 383 g/mol. The Balaban J connectivity index is 1.82. The SMILES string of the molecule is CC(C)(C)c1ccc(C(=O)NC(=O)COC(=O)/C=C/c2ccc(F)cc2)cc1. The number of hydrogen-bond donors (Lipinski definition) is 1. The van der Waals surface area contributed by atoms with E-state index in [-0.39, 0.29) is 11.2 Å². The monoisotopic (exact) mass is 383 g/mol. The summed E-state index contributed by atoms with van der Waals surface area (Å²) in [4.78, 5) is 35.5. The maximum atomic E-state index is 12.8. The van der Waals surface area contributed by atoms with Crippen LogP contribution in [0, 0.1) is 5.82 Å². The number of carbonyl (C=O) groups is 3. The lowest BCUT2D eigenvalue weighted by Crippen LogP contribution is -2.34. The van der Waals surface area contributed by atoms with Crippen molar-refractivity contribution in [1.29, 1.82) is 0 Å². The molecule has 0 spiro atoms. The first-order chi connectivity index (χ1) is 13.1. The predicted molar refractivity (Wildman–Crippen MR) is 104 cm³/mol. The molecule has 2 aromatic carbocycles. The number of rotatable bonds is 5. The van der Waals surface area contributed by atoms with Crippen LogP contribution >= 0.6 is 0 Å². The van der Waals surface area contributed by atoms with Crippen molar-refractivity contribution in [3.8, 4) is 0 Å². The Labute approximate surface area is 163 Å². The van der Waals surface area contributed by atoms with E-state index in [9.17, 15) is 18.8 Å². The first-order valence-corrected chi connectivity index (χ1v) is 8.70. The fourth-order valence-corrected chi connectivity index (χ4v) is 2.28. The van der Waals surface area contributed by atoms with Gasteiger partial charge in [-0.3, -0.25) is 14.9 Å². The summed E-state index contributed by atoms with van der Waals surface area (Å²) in [7, 11) is 0. The quantitative estimate of drug-likeness (QED) is 0.632. The van der Waals surface area contributed by atoms with Crippen molar-refractivity contribution < 1.29 is 23.5 Å². The Kier molecular flexibility index (Phi) is 6.82. The highest BCUT2D eigenvalue weighted by Gasteiger charge is 2.15. The minimum absolute atomic E-state index is 0.0412. The molecule has 0 aliphatic rings. The van der Waals surface area contributed by atoms with Crippen molar-refractivity contribution in [3.63, 3.8) is 0 Å². The van der Waals surface area contributed by atoms with Crippen molar-refractivity contribution in [3.05, 3.63) is 77.1 Å². The summed E-state index contributed by atoms with van der Waals surface area (Å²) >= 11 is 0. The van der Waals surface area contributed by atoms with Gasteiger partial charge in [-0.1, -0.05) is 45.0 Å². The third-order valence-corrected chi connectivity index (χ3v) is 3.89. The largest absolute Gasteiger partial charge is 0.452 e. The van der Waals surface area contributed by atoms with Crippen molar-refractivity contribution in [2.75, 3.05) is 6.61 Å². The number of amides is 2. The van der Waals surface area contributed by atoms with Gasteiger partial charge in [0.1, 0.15) is 5.82 Å². The molecule has 0 aromatic heterocycles. The molecule has 0 aliphatic heterocycles. The summed E-state index contributed by atoms with van der Waals surface area (Å²) in [6, 6.07) is 12.5. The van der Waals surface area contributed by atoms with Crippen LogP contribution in [0.25, 0.3) is 6.08 Å². The molecular weight excluding hydrogens is 361 g/mol. The van der Waals surface area contributed by atoms with E-state index in [1.54, 1.807) is 12.1 Å². The van der Waals surface area contributed by atoms with Gasteiger partial charge in [-0.25, -0.2) is 9.18 Å². The second-order valence-electron chi connectivity index (χ2n) is 7.20. The van der Waals surface area contributed by atoms with Crippen molar-refractivity contribution in [2.45, 2.75) is 26.2 Å². The molecule has 0 fully saturated rings. The Morgan fingerprint density at radius 3 is 2.18 bits per heavy atom. The topological polar surface area (TPSA) is 72.5 Å². The molecule has 2 rings (SSSR count). The van der Waals surface area contributed by atoms with Crippen LogP contribution in [-0.2, 0) is 19.7 Å². The van der Waals surface area contributed by atoms with Crippen LogP contribution in [0.3, 0.4) is 0 Å². The van der Waals surface area contributed by atoms with E-state index in [0.29, 0.717) is 11.1 Å². The maximum absolute atomic E-state index is 12.8. The smallest absolute Gasteiger partial charge is 0.331 e. The second kappa shape index (κ2) is 9.08. The van der Waals surface area contributed by atoms with Crippen LogP contribution in [0.15, 0.2) is 54.6 Å². The van der Waals surface area contributed by atoms with Crippen LogP contribution in [0.4, 0.5) is 4.39 Å². The zero-order chi connectivity index (χ0) is 20.7. The molecule has 0 saturated heterocycles. The number of halogens is 1. The van der Waals surface area contributed by atoms with E-state index in [1.165, 1.54) is 30.3 Å². The van der Waals surface area contributed by atoms with Crippen molar-refractivity contribution in [2.24, 2.45) is 0 Å². The van der Waals surface area contributed by atoms with Gasteiger partial charge in [-0.15, -0.1) is 0 Å². The summed E-state index contributed by atoms with van der Waals surface area (Å²) in [6.07, 6.45) is 2.55. The first kappa shape index (κ1) is 21.0. The van der Waals surface area contributed by atoms with E-state index in [0.717, 1.165) is 11.6 Å². The number of imide groups is 1. The lowest BCUT2D eigenvalue weighted by atomic mass is 9.87. The minimum Gasteiger partial charge on any atom is -0.452 e. The van der Waals surface area contributed by atoms with Gasteiger partial charge in [0.05, 0.1) is 0 Å². The van der Waals surface area contributed by atoms with Crippen LogP contribution in [-0.4, -0.2) is 24.4 Å². The Morgan fingerprint density at radius 1 is 1.00 bits per heavy atom. The molecule has 0 heterocycles. The van der Waals surface area contributed by atoms with Gasteiger partial charge >= 0.3 is 5.97 Å². The number of carbonyl (C=O) groups excluding carboxylic acids is 3. The Morgan fingerprint density at radius 2 is 1.61 bits per heavy atom. The fourth-order valence-electron chi connectivity index (χ4n) is 2.28. The molecule has 0 radical (unpaired) electrons. The lowest BCUT2D eigenvalue weighted by Gasteiger charge is -2.18. The summed E-state index contributed by atoms with van der Waals surface area (Å²) in [5.74, 6) is -2.42. The summed E-state index contributed by atoms with van der Waals surface area (Å²) in [5.41, 5.74) is 1.97. The molecule has 2 aromatic rings. The van der Waals surface area contributed by atoms with Gasteiger partial charge in [-0.05, 0) is 46.9 Å². The van der Waals surface area contributed by atoms with E-state index in [1.807, 2.05) is 12.1 Å². The van der Waals surface area contributed by atoms with Gasteiger partial charge < -0.3 is 4.74 Å². The highest BCUT2D eigenvalue weighted by atomic mass is 19.1. The number of nitrogens with one attached hydrogen (secondary N) is 1. The number of ether oxygens (including phenoxy) is 1. The summed E-state index contributed by atoms with van der Waals surface area (Å²) in [5, 5.41) is 2.17. The number of hydrogen-bond acceptors (Lipinski definition) is 4. The van der Waals surface area contributed by atoms with Gasteiger partial charge in [0.2, 0.25) is 0 Å². The molecule has 6 heteroatoms. The number of esters is 1. The Bertz CT molecular complexity index is 878. The van der Waals surface area contributed by atoms with Crippen LogP contribution in [0.1, 0.15) is 42.3 Å². The highest BCUT2D eigenvalue weighted by molar-refractivity contribution is 6.05. The van der Waals surface area contributed by atoms with E-state index >= 15 is 0 Å². The number of benzene rings is 2. The predicted octanol–water partition coefficient (Wildman–Crippen LogP) is 3.64. The first-order valence-electron chi connectivity index (χ1n) is 8.70. The van der Waals surface area contributed by atoms with Gasteiger partial charge in [-0.2, -0.15) is 0 Å².